The lowest BCUT2D eigenvalue weighted by Gasteiger charge is -2.13. The molecule has 0 N–H and O–H groups in total. The van der Waals surface area contributed by atoms with Crippen molar-refractivity contribution in [2.75, 3.05) is 0 Å². The molecular formula is C33H5F4N9. The van der Waals surface area contributed by atoms with E-state index in [0.29, 0.717) is 18.3 Å². The summed E-state index contributed by atoms with van der Waals surface area (Å²) < 4.78 is 62.1. The van der Waals surface area contributed by atoms with Crippen LogP contribution in [-0.4, -0.2) is 4.98 Å². The molecule has 1 aromatic heterocycles. The van der Waals surface area contributed by atoms with E-state index in [1.165, 1.54) is 6.07 Å². The number of nitrogens with zero attached hydrogens (tertiary/aromatic N) is 9. The molecule has 0 amide bonds. The van der Waals surface area contributed by atoms with Gasteiger partial charge in [0.25, 0.3) is 0 Å². The molecule has 46 heavy (non-hydrogen) atoms. The van der Waals surface area contributed by atoms with Gasteiger partial charge in [-0.3, -0.25) is 0 Å². The van der Waals surface area contributed by atoms with Crippen LogP contribution in [0.4, 0.5) is 17.6 Å². The Balaban J connectivity index is 2.02. The first kappa shape index (κ1) is 29.7. The van der Waals surface area contributed by atoms with Crippen molar-refractivity contribution in [3.05, 3.63) is 110 Å². The standard InChI is InChI=1S/C33H5F4N9/c34-24-4-19(25(35)1-14(24)5-38)30-23(12-45)32-21(28(30)16(8-41)9-42)3-20-27(15(6-39)7-40)29(22(11-44)31(20)33(32)37)18-2-17(10-43)46-13-26(18)36/h1-4,13H. The third-order valence-electron chi connectivity index (χ3n) is 7.16. The number of benzene rings is 2. The van der Waals surface area contributed by atoms with Gasteiger partial charge in [0.05, 0.1) is 22.9 Å². The third-order valence-corrected chi connectivity index (χ3v) is 7.16. The number of aromatic nitrogens is 1. The maximum Gasteiger partial charge on any atom is 0.149 e. The molecule has 9 nitrogen and oxygen atoms in total. The summed E-state index contributed by atoms with van der Waals surface area (Å²) in [7, 11) is 0. The van der Waals surface area contributed by atoms with E-state index >= 15 is 13.2 Å². The first-order valence-electron chi connectivity index (χ1n) is 12.4. The van der Waals surface area contributed by atoms with Gasteiger partial charge in [-0.1, -0.05) is 0 Å². The van der Waals surface area contributed by atoms with E-state index in [-0.39, 0.29) is 11.3 Å². The minimum absolute atomic E-state index is 0.330. The van der Waals surface area contributed by atoms with Crippen LogP contribution in [0.5, 0.6) is 0 Å². The van der Waals surface area contributed by atoms with Crippen LogP contribution in [-0.2, 0) is 0 Å². The Bertz CT molecular complexity index is 2460. The topological polar surface area (TPSA) is 203 Å². The van der Waals surface area contributed by atoms with Crippen LogP contribution in [0.3, 0.4) is 0 Å². The number of halogens is 4. The molecule has 1 heterocycles. The maximum atomic E-state index is 16.8. The molecule has 0 unspecified atom stereocenters. The normalized spacial score (nSPS) is 12.3. The number of hydrogen-bond acceptors (Lipinski definition) is 9. The molecule has 3 aromatic rings. The fourth-order valence-electron chi connectivity index (χ4n) is 5.37. The maximum absolute atomic E-state index is 16.8. The van der Waals surface area contributed by atoms with Crippen LogP contribution >= 0.6 is 0 Å². The molecule has 0 bridgehead atoms. The van der Waals surface area contributed by atoms with Gasteiger partial charge in [0.2, 0.25) is 0 Å². The summed E-state index contributed by atoms with van der Waals surface area (Å²) in [5.41, 5.74) is -9.06. The fraction of sp³-hybridized carbons (Fsp3) is 0. The molecule has 0 saturated heterocycles. The van der Waals surface area contributed by atoms with Crippen LogP contribution in [0.15, 0.2) is 41.6 Å². The molecule has 0 aliphatic heterocycles. The van der Waals surface area contributed by atoms with Crippen molar-refractivity contribution in [2.24, 2.45) is 0 Å². The van der Waals surface area contributed by atoms with Crippen molar-refractivity contribution >= 4 is 33.4 Å². The zero-order valence-corrected chi connectivity index (χ0v) is 22.4. The van der Waals surface area contributed by atoms with Gasteiger partial charge in [0, 0.05) is 44.5 Å². The minimum atomic E-state index is -1.37. The predicted octanol–water partition coefficient (Wildman–Crippen LogP) is 5.88. The molecule has 0 saturated carbocycles. The van der Waals surface area contributed by atoms with Gasteiger partial charge < -0.3 is 0 Å². The Labute approximate surface area is 256 Å². The Morgan fingerprint density at radius 2 is 1.02 bits per heavy atom. The SMILES string of the molecule is N#CC(C#N)=C1C(c2cc(C#N)ncc2F)=C(C#N)c2c1cc1c(c2F)C(C#N)=C(c2cc(F)c(C#N)cc2F)C1=C(C#N)C#N. The van der Waals surface area contributed by atoms with E-state index in [2.05, 4.69) is 4.98 Å². The van der Waals surface area contributed by atoms with Crippen LogP contribution in [0.25, 0.3) is 33.4 Å². The van der Waals surface area contributed by atoms with Gasteiger partial charge in [-0.2, -0.15) is 42.1 Å². The van der Waals surface area contributed by atoms with Crippen molar-refractivity contribution < 1.29 is 17.6 Å². The zero-order chi connectivity index (χ0) is 33.4. The van der Waals surface area contributed by atoms with Gasteiger partial charge in [0.1, 0.15) is 88.7 Å². The molecule has 210 valence electrons. The highest BCUT2D eigenvalue weighted by atomic mass is 19.1. The fourth-order valence-corrected chi connectivity index (χ4v) is 5.37. The smallest absolute Gasteiger partial charge is 0.149 e. The molecule has 0 spiro atoms. The lowest BCUT2D eigenvalue weighted by molar-refractivity contribution is 0.594. The third kappa shape index (κ3) is 4.05. The summed E-state index contributed by atoms with van der Waals surface area (Å²) in [6.07, 6.45) is 0.645. The summed E-state index contributed by atoms with van der Waals surface area (Å²) in [5.74, 6) is -4.96. The lowest BCUT2D eigenvalue weighted by Crippen LogP contribution is -2.00. The van der Waals surface area contributed by atoms with E-state index in [1.54, 1.807) is 42.5 Å². The number of pyridine rings is 1. The van der Waals surface area contributed by atoms with E-state index < -0.39 is 101 Å². The summed E-state index contributed by atoms with van der Waals surface area (Å²) >= 11 is 0. The molecule has 0 fully saturated rings. The van der Waals surface area contributed by atoms with Crippen LogP contribution in [0.2, 0.25) is 0 Å². The van der Waals surface area contributed by atoms with Gasteiger partial charge in [-0.25, -0.2) is 22.5 Å². The average molecular weight is 603 g/mol. The zero-order valence-electron chi connectivity index (χ0n) is 22.4. The number of fused-ring (bicyclic) bond motifs is 2. The van der Waals surface area contributed by atoms with E-state index in [0.717, 1.165) is 12.1 Å². The quantitative estimate of drug-likeness (QED) is 0.253. The van der Waals surface area contributed by atoms with Gasteiger partial charge in [0.15, 0.2) is 0 Å². The van der Waals surface area contributed by atoms with Crippen LogP contribution in [0, 0.1) is 114 Å². The summed E-state index contributed by atoms with van der Waals surface area (Å²) in [6, 6.07) is 15.9. The molecular weight excluding hydrogens is 598 g/mol. The molecule has 2 aliphatic rings. The summed E-state index contributed by atoms with van der Waals surface area (Å²) in [5, 5.41) is 78.1. The Hall–Kier alpha value is -7.81. The minimum Gasteiger partial charge on any atom is -0.242 e. The van der Waals surface area contributed by atoms with Crippen molar-refractivity contribution in [1.82, 2.24) is 4.98 Å². The molecule has 5 rings (SSSR count). The number of rotatable bonds is 2. The van der Waals surface area contributed by atoms with Gasteiger partial charge in [-0.15, -0.1) is 0 Å². The molecule has 0 radical (unpaired) electrons. The van der Waals surface area contributed by atoms with Crippen LogP contribution < -0.4 is 0 Å². The highest BCUT2D eigenvalue weighted by Crippen LogP contribution is 2.56. The monoisotopic (exact) mass is 603 g/mol. The Kier molecular flexibility index (Phi) is 7.17. The Morgan fingerprint density at radius 3 is 1.46 bits per heavy atom. The van der Waals surface area contributed by atoms with Crippen molar-refractivity contribution in [3.63, 3.8) is 0 Å². The summed E-state index contributed by atoms with van der Waals surface area (Å²) in [4.78, 5) is 3.59. The second-order valence-electron chi connectivity index (χ2n) is 9.29. The van der Waals surface area contributed by atoms with E-state index in [1.807, 2.05) is 0 Å². The summed E-state index contributed by atoms with van der Waals surface area (Å²) in [6.45, 7) is 0. The average Bonchev–Trinajstić information content (AvgIpc) is 3.56. The number of allylic oxidation sites excluding steroid dienone is 8. The van der Waals surface area contributed by atoms with Crippen LogP contribution in [0.1, 0.15) is 44.6 Å². The van der Waals surface area contributed by atoms with Crippen molar-refractivity contribution in [2.45, 2.75) is 0 Å². The second kappa shape index (κ2) is 11.1. The Morgan fingerprint density at radius 1 is 0.522 bits per heavy atom. The molecule has 2 aliphatic carbocycles. The molecule has 13 heteroatoms. The first-order valence-corrected chi connectivity index (χ1v) is 12.4. The van der Waals surface area contributed by atoms with Crippen molar-refractivity contribution in [3.8, 4) is 48.6 Å². The molecule has 2 aromatic carbocycles. The number of hydrogen-bond donors (Lipinski definition) is 0. The van der Waals surface area contributed by atoms with Crippen molar-refractivity contribution in [1.29, 1.82) is 42.1 Å². The largest absolute Gasteiger partial charge is 0.242 e. The van der Waals surface area contributed by atoms with Gasteiger partial charge >= 0.3 is 0 Å². The highest BCUT2D eigenvalue weighted by molar-refractivity contribution is 6.30. The van der Waals surface area contributed by atoms with E-state index in [9.17, 15) is 41.2 Å². The van der Waals surface area contributed by atoms with E-state index in [4.69, 9.17) is 5.26 Å². The molecule has 0 atom stereocenters. The predicted molar refractivity (Wildman–Crippen MR) is 148 cm³/mol. The lowest BCUT2D eigenvalue weighted by atomic mass is 9.88. The number of nitriles is 8. The highest BCUT2D eigenvalue weighted by Gasteiger charge is 2.41. The van der Waals surface area contributed by atoms with Gasteiger partial charge in [-0.05, 0) is 35.4 Å². The first-order chi connectivity index (χ1) is 22.1. The second-order valence-corrected chi connectivity index (χ2v) is 9.29.